The summed E-state index contributed by atoms with van der Waals surface area (Å²) in [6, 6.07) is 2.56. The molecule has 4 heteroatoms. The van der Waals surface area contributed by atoms with Crippen LogP contribution in [0.4, 0.5) is 20.2 Å². The van der Waals surface area contributed by atoms with E-state index in [0.717, 1.165) is 38.2 Å². The van der Waals surface area contributed by atoms with Crippen LogP contribution < -0.4 is 10.2 Å². The second-order valence-corrected chi connectivity index (χ2v) is 4.84. The van der Waals surface area contributed by atoms with Crippen molar-refractivity contribution >= 4 is 11.4 Å². The van der Waals surface area contributed by atoms with E-state index in [-0.39, 0.29) is 0 Å². The summed E-state index contributed by atoms with van der Waals surface area (Å²) in [4.78, 5) is 2.16. The molecule has 0 saturated carbocycles. The zero-order chi connectivity index (χ0) is 13.1. The van der Waals surface area contributed by atoms with Crippen LogP contribution in [0.2, 0.25) is 0 Å². The topological polar surface area (TPSA) is 15.3 Å². The fraction of sp³-hybridized carbons (Fsp3) is 0.571. The lowest BCUT2D eigenvalue weighted by atomic mass is 10.0. The summed E-state index contributed by atoms with van der Waals surface area (Å²) in [5, 5.41) is 3.12. The average molecular weight is 254 g/mol. The largest absolute Gasteiger partial charge is 0.382 e. The molecular weight excluding hydrogens is 234 g/mol. The van der Waals surface area contributed by atoms with Crippen molar-refractivity contribution in [1.82, 2.24) is 0 Å². The van der Waals surface area contributed by atoms with Crippen LogP contribution in [-0.4, -0.2) is 19.6 Å². The predicted molar refractivity (Wildman–Crippen MR) is 71.1 cm³/mol. The first-order chi connectivity index (χ1) is 8.65. The normalized spacial score (nSPS) is 14.6. The van der Waals surface area contributed by atoms with Crippen molar-refractivity contribution in [2.75, 3.05) is 29.9 Å². The fourth-order valence-corrected chi connectivity index (χ4v) is 2.43. The number of anilines is 2. The fourth-order valence-electron chi connectivity index (χ4n) is 2.43. The van der Waals surface area contributed by atoms with Crippen molar-refractivity contribution in [1.29, 1.82) is 0 Å². The average Bonchev–Trinajstić information content (AvgIpc) is 2.37. The highest BCUT2D eigenvalue weighted by Gasteiger charge is 2.21. The summed E-state index contributed by atoms with van der Waals surface area (Å²) in [6.07, 6.45) is 2.22. The molecule has 0 radical (unpaired) electrons. The highest BCUT2D eigenvalue weighted by Crippen LogP contribution is 2.32. The van der Waals surface area contributed by atoms with Gasteiger partial charge in [0, 0.05) is 31.8 Å². The van der Waals surface area contributed by atoms with Gasteiger partial charge in [-0.25, -0.2) is 8.78 Å². The van der Waals surface area contributed by atoms with Gasteiger partial charge in [0.1, 0.15) is 0 Å². The quantitative estimate of drug-likeness (QED) is 0.882. The van der Waals surface area contributed by atoms with Crippen LogP contribution in [0.3, 0.4) is 0 Å². The Bertz CT molecular complexity index is 417. The van der Waals surface area contributed by atoms with Gasteiger partial charge in [-0.1, -0.05) is 26.7 Å². The van der Waals surface area contributed by atoms with Crippen LogP contribution in [-0.2, 0) is 0 Å². The van der Waals surface area contributed by atoms with Crippen LogP contribution in [0.1, 0.15) is 26.7 Å². The minimum atomic E-state index is -0.786. The summed E-state index contributed by atoms with van der Waals surface area (Å²) < 4.78 is 26.5. The van der Waals surface area contributed by atoms with Crippen LogP contribution in [0.25, 0.3) is 0 Å². The Hall–Kier alpha value is -1.32. The first-order valence-electron chi connectivity index (χ1n) is 6.63. The third-order valence-corrected chi connectivity index (χ3v) is 3.71. The molecular formula is C14H20F2N2. The molecule has 0 saturated heterocycles. The number of nitrogens with one attached hydrogen (secondary N) is 1. The first-order valence-corrected chi connectivity index (χ1v) is 6.63. The zero-order valence-electron chi connectivity index (χ0n) is 11.0. The highest BCUT2D eigenvalue weighted by atomic mass is 19.2. The Morgan fingerprint density at radius 1 is 1.22 bits per heavy atom. The van der Waals surface area contributed by atoms with Crippen molar-refractivity contribution in [3.05, 3.63) is 23.8 Å². The zero-order valence-corrected chi connectivity index (χ0v) is 11.0. The molecule has 0 aromatic heterocycles. The van der Waals surface area contributed by atoms with Gasteiger partial charge in [0.2, 0.25) is 0 Å². The Labute approximate surface area is 107 Å². The van der Waals surface area contributed by atoms with Crippen molar-refractivity contribution < 1.29 is 8.78 Å². The van der Waals surface area contributed by atoms with Crippen LogP contribution in [0.5, 0.6) is 0 Å². The number of halogens is 2. The lowest BCUT2D eigenvalue weighted by molar-refractivity contribution is 0.479. The van der Waals surface area contributed by atoms with Gasteiger partial charge in [-0.3, -0.25) is 0 Å². The van der Waals surface area contributed by atoms with Gasteiger partial charge >= 0.3 is 0 Å². The lowest BCUT2D eigenvalue weighted by Crippen LogP contribution is -2.37. The van der Waals surface area contributed by atoms with Crippen molar-refractivity contribution in [2.24, 2.45) is 5.92 Å². The van der Waals surface area contributed by atoms with Crippen LogP contribution >= 0.6 is 0 Å². The number of rotatable bonds is 4. The van der Waals surface area contributed by atoms with Crippen molar-refractivity contribution in [2.45, 2.75) is 26.7 Å². The summed E-state index contributed by atoms with van der Waals surface area (Å²) in [5.41, 5.74) is 1.48. The summed E-state index contributed by atoms with van der Waals surface area (Å²) in [6.45, 7) is 6.87. The molecule has 0 spiro atoms. The van der Waals surface area contributed by atoms with E-state index in [0.29, 0.717) is 11.6 Å². The second kappa shape index (κ2) is 5.55. The van der Waals surface area contributed by atoms with E-state index in [1.165, 1.54) is 12.1 Å². The SMILES string of the molecule is CCC(CC)CN1CCNc2cc(F)c(F)cc21. The third-order valence-electron chi connectivity index (χ3n) is 3.71. The molecule has 1 aromatic carbocycles. The van der Waals surface area contributed by atoms with Gasteiger partial charge in [-0.05, 0) is 5.92 Å². The molecule has 0 atom stereocenters. The van der Waals surface area contributed by atoms with Crippen LogP contribution in [0.15, 0.2) is 12.1 Å². The first kappa shape index (κ1) is 13.1. The van der Waals surface area contributed by atoms with E-state index < -0.39 is 11.6 Å². The summed E-state index contributed by atoms with van der Waals surface area (Å²) in [5.74, 6) is -0.957. The van der Waals surface area contributed by atoms with Gasteiger partial charge in [0.05, 0.1) is 11.4 Å². The van der Waals surface area contributed by atoms with E-state index in [4.69, 9.17) is 0 Å². The van der Waals surface area contributed by atoms with Gasteiger partial charge < -0.3 is 10.2 Å². The molecule has 0 fully saturated rings. The van der Waals surface area contributed by atoms with E-state index >= 15 is 0 Å². The molecule has 0 bridgehead atoms. The molecule has 0 amide bonds. The Balaban J connectivity index is 2.24. The van der Waals surface area contributed by atoms with Crippen molar-refractivity contribution in [3.8, 4) is 0 Å². The molecule has 2 nitrogen and oxygen atoms in total. The number of hydrogen-bond acceptors (Lipinski definition) is 2. The number of hydrogen-bond donors (Lipinski definition) is 1. The Morgan fingerprint density at radius 2 is 1.89 bits per heavy atom. The lowest BCUT2D eigenvalue weighted by Gasteiger charge is -2.34. The predicted octanol–water partition coefficient (Wildman–Crippen LogP) is 3.63. The molecule has 18 heavy (non-hydrogen) atoms. The third kappa shape index (κ3) is 2.57. The van der Waals surface area contributed by atoms with E-state index in [9.17, 15) is 8.78 Å². The van der Waals surface area contributed by atoms with Gasteiger partial charge in [0.25, 0.3) is 0 Å². The van der Waals surface area contributed by atoms with E-state index in [1.807, 2.05) is 0 Å². The molecule has 1 aliphatic rings. The van der Waals surface area contributed by atoms with Gasteiger partial charge in [-0.15, -0.1) is 0 Å². The Kier molecular flexibility index (Phi) is 4.04. The maximum atomic E-state index is 13.4. The molecule has 1 N–H and O–H groups in total. The molecule has 1 aromatic rings. The molecule has 0 unspecified atom stereocenters. The summed E-state index contributed by atoms with van der Waals surface area (Å²) in [7, 11) is 0. The molecule has 1 heterocycles. The van der Waals surface area contributed by atoms with Gasteiger partial charge in [0.15, 0.2) is 11.6 Å². The van der Waals surface area contributed by atoms with Crippen LogP contribution in [0, 0.1) is 17.6 Å². The van der Waals surface area contributed by atoms with Gasteiger partial charge in [-0.2, -0.15) is 0 Å². The molecule has 0 aliphatic carbocycles. The minimum absolute atomic E-state index is 0.601. The van der Waals surface area contributed by atoms with E-state index in [2.05, 4.69) is 24.1 Å². The number of nitrogens with zero attached hydrogens (tertiary/aromatic N) is 1. The van der Waals surface area contributed by atoms with Crippen molar-refractivity contribution in [3.63, 3.8) is 0 Å². The number of benzene rings is 1. The standard InChI is InChI=1S/C14H20F2N2/c1-3-10(4-2)9-18-6-5-17-13-7-11(15)12(16)8-14(13)18/h7-8,10,17H,3-6,9H2,1-2H3. The monoisotopic (exact) mass is 254 g/mol. The molecule has 2 rings (SSSR count). The van der Waals surface area contributed by atoms with E-state index in [1.54, 1.807) is 0 Å². The second-order valence-electron chi connectivity index (χ2n) is 4.84. The smallest absolute Gasteiger partial charge is 0.161 e. The maximum Gasteiger partial charge on any atom is 0.161 e. The molecule has 100 valence electrons. The maximum absolute atomic E-state index is 13.4. The summed E-state index contributed by atoms with van der Waals surface area (Å²) >= 11 is 0. The minimum Gasteiger partial charge on any atom is -0.382 e. The highest BCUT2D eigenvalue weighted by molar-refractivity contribution is 5.72. The molecule has 1 aliphatic heterocycles. The Morgan fingerprint density at radius 3 is 2.56 bits per heavy atom. The number of fused-ring (bicyclic) bond motifs is 1.